The van der Waals surface area contributed by atoms with Crippen molar-refractivity contribution in [2.24, 2.45) is 5.92 Å². The Morgan fingerprint density at radius 3 is 2.61 bits per heavy atom. The molecule has 1 fully saturated rings. The summed E-state index contributed by atoms with van der Waals surface area (Å²) in [7, 11) is 0. The second-order valence-electron chi connectivity index (χ2n) is 7.10. The molecule has 3 aromatic rings. The van der Waals surface area contributed by atoms with Crippen LogP contribution in [0, 0.1) is 12.8 Å². The molecule has 0 N–H and O–H groups in total. The number of fused-ring (bicyclic) bond motifs is 1. The Morgan fingerprint density at radius 1 is 1.21 bits per heavy atom. The van der Waals surface area contributed by atoms with E-state index in [-0.39, 0.29) is 23.8 Å². The lowest BCUT2D eigenvalue weighted by molar-refractivity contribution is -0.182. The van der Waals surface area contributed by atoms with Crippen LogP contribution in [-0.2, 0) is 0 Å². The van der Waals surface area contributed by atoms with Gasteiger partial charge in [-0.05, 0) is 50.8 Å². The van der Waals surface area contributed by atoms with Crippen molar-refractivity contribution in [3.8, 4) is 5.69 Å². The first-order valence-corrected chi connectivity index (χ1v) is 9.33. The van der Waals surface area contributed by atoms with Crippen molar-refractivity contribution >= 4 is 22.7 Å². The highest BCUT2D eigenvalue weighted by atomic mass is 35.5. The molecule has 28 heavy (non-hydrogen) atoms. The van der Waals surface area contributed by atoms with E-state index < -0.39 is 17.7 Å². The van der Waals surface area contributed by atoms with E-state index in [2.05, 4.69) is 9.97 Å². The Bertz CT molecular complexity index is 1080. The smallest absolute Gasteiger partial charge is 0.391 e. The lowest BCUT2D eigenvalue weighted by Gasteiger charge is -2.30. The normalized spacial score (nSPS) is 20.6. The molecule has 0 saturated heterocycles. The molecule has 0 spiro atoms. The molecule has 148 valence electrons. The minimum absolute atomic E-state index is 0.00650. The molecule has 1 saturated carbocycles. The van der Waals surface area contributed by atoms with Gasteiger partial charge in [-0.2, -0.15) is 13.2 Å². The Morgan fingerprint density at radius 2 is 1.93 bits per heavy atom. The van der Waals surface area contributed by atoms with Crippen LogP contribution in [0.25, 0.3) is 16.8 Å². The molecular weight excluding hydrogens is 395 g/mol. The fourth-order valence-electron chi connectivity index (χ4n) is 3.82. The van der Waals surface area contributed by atoms with Crippen molar-refractivity contribution in [2.75, 3.05) is 0 Å². The molecule has 5 nitrogen and oxygen atoms in total. The maximum atomic E-state index is 13.0. The monoisotopic (exact) mass is 411 g/mol. The van der Waals surface area contributed by atoms with Crippen LogP contribution in [0.2, 0.25) is 5.02 Å². The molecule has 0 amide bonds. The molecule has 1 aliphatic carbocycles. The van der Waals surface area contributed by atoms with Crippen LogP contribution in [0.5, 0.6) is 0 Å². The Kier molecular flexibility index (Phi) is 4.69. The van der Waals surface area contributed by atoms with Gasteiger partial charge in [0.05, 0.1) is 17.3 Å². The van der Waals surface area contributed by atoms with Crippen molar-refractivity contribution in [2.45, 2.75) is 44.7 Å². The zero-order valence-electron chi connectivity index (χ0n) is 15.0. The SMILES string of the molecule is Cc1nc(C2CCC(C(F)(F)F)CC2)n(-c2ccc3ocnc3c2)c(=O)c1Cl. The number of halogens is 4. The highest BCUT2D eigenvalue weighted by Gasteiger charge is 2.42. The van der Waals surface area contributed by atoms with Crippen LogP contribution in [0.1, 0.15) is 43.1 Å². The summed E-state index contributed by atoms with van der Waals surface area (Å²) >= 11 is 6.15. The van der Waals surface area contributed by atoms with E-state index in [0.29, 0.717) is 41.1 Å². The number of benzene rings is 1. The van der Waals surface area contributed by atoms with E-state index in [9.17, 15) is 18.0 Å². The summed E-state index contributed by atoms with van der Waals surface area (Å²) in [6, 6.07) is 5.05. The molecule has 1 aromatic carbocycles. The van der Waals surface area contributed by atoms with Crippen molar-refractivity contribution in [3.63, 3.8) is 0 Å². The predicted molar refractivity (Wildman–Crippen MR) is 97.9 cm³/mol. The van der Waals surface area contributed by atoms with E-state index in [4.69, 9.17) is 16.0 Å². The van der Waals surface area contributed by atoms with Gasteiger partial charge in [0.25, 0.3) is 5.56 Å². The maximum Gasteiger partial charge on any atom is 0.391 e. The van der Waals surface area contributed by atoms with Gasteiger partial charge in [-0.3, -0.25) is 9.36 Å². The molecule has 1 aliphatic rings. The molecule has 9 heteroatoms. The van der Waals surface area contributed by atoms with E-state index in [1.165, 1.54) is 11.0 Å². The van der Waals surface area contributed by atoms with Crippen LogP contribution in [0.15, 0.2) is 33.8 Å². The van der Waals surface area contributed by atoms with Crippen molar-refractivity contribution in [1.82, 2.24) is 14.5 Å². The van der Waals surface area contributed by atoms with Gasteiger partial charge in [0.2, 0.25) is 0 Å². The van der Waals surface area contributed by atoms with Crippen molar-refractivity contribution in [3.05, 3.63) is 51.5 Å². The third-order valence-electron chi connectivity index (χ3n) is 5.35. The lowest BCUT2D eigenvalue weighted by atomic mass is 9.81. The molecule has 2 aromatic heterocycles. The van der Waals surface area contributed by atoms with Crippen LogP contribution in [-0.4, -0.2) is 20.7 Å². The molecule has 4 rings (SSSR count). The number of oxazole rings is 1. The summed E-state index contributed by atoms with van der Waals surface area (Å²) in [5, 5.41) is -0.00650. The van der Waals surface area contributed by atoms with Gasteiger partial charge in [-0.15, -0.1) is 0 Å². The Hall–Kier alpha value is -2.35. The van der Waals surface area contributed by atoms with Gasteiger partial charge in [0.15, 0.2) is 12.0 Å². The van der Waals surface area contributed by atoms with Gasteiger partial charge in [-0.1, -0.05) is 11.6 Å². The van der Waals surface area contributed by atoms with Crippen LogP contribution < -0.4 is 5.56 Å². The largest absolute Gasteiger partial charge is 0.443 e. The van der Waals surface area contributed by atoms with E-state index in [1.807, 2.05) is 0 Å². The summed E-state index contributed by atoms with van der Waals surface area (Å²) in [6.07, 6.45) is -2.22. The lowest BCUT2D eigenvalue weighted by Crippen LogP contribution is -2.31. The fraction of sp³-hybridized carbons (Fsp3) is 0.421. The molecule has 0 aliphatic heterocycles. The zero-order valence-corrected chi connectivity index (χ0v) is 15.7. The van der Waals surface area contributed by atoms with E-state index >= 15 is 0 Å². The quantitative estimate of drug-likeness (QED) is 0.583. The highest BCUT2D eigenvalue weighted by Crippen LogP contribution is 2.42. The van der Waals surface area contributed by atoms with Gasteiger partial charge in [0.1, 0.15) is 16.4 Å². The number of aromatic nitrogens is 3. The summed E-state index contributed by atoms with van der Waals surface area (Å²) in [6.45, 7) is 1.62. The maximum absolute atomic E-state index is 13.0. The van der Waals surface area contributed by atoms with Crippen LogP contribution >= 0.6 is 11.6 Å². The first-order valence-electron chi connectivity index (χ1n) is 8.95. The second kappa shape index (κ2) is 6.92. The number of hydrogen-bond donors (Lipinski definition) is 0. The fourth-order valence-corrected chi connectivity index (χ4v) is 3.94. The summed E-state index contributed by atoms with van der Waals surface area (Å²) in [5.74, 6) is -1.12. The second-order valence-corrected chi connectivity index (χ2v) is 7.48. The number of aryl methyl sites for hydroxylation is 1. The molecule has 0 atom stereocenters. The van der Waals surface area contributed by atoms with Gasteiger partial charge < -0.3 is 4.42 Å². The third kappa shape index (κ3) is 3.30. The Labute approximate surface area is 163 Å². The van der Waals surface area contributed by atoms with Gasteiger partial charge >= 0.3 is 6.18 Å². The number of rotatable bonds is 2. The van der Waals surface area contributed by atoms with Crippen LogP contribution in [0.3, 0.4) is 0 Å². The van der Waals surface area contributed by atoms with E-state index in [0.717, 1.165) is 0 Å². The summed E-state index contributed by atoms with van der Waals surface area (Å²) in [4.78, 5) is 21.5. The van der Waals surface area contributed by atoms with Gasteiger partial charge in [-0.25, -0.2) is 9.97 Å². The number of hydrogen-bond acceptors (Lipinski definition) is 4. The van der Waals surface area contributed by atoms with Crippen molar-refractivity contribution < 1.29 is 17.6 Å². The number of nitrogens with zero attached hydrogens (tertiary/aromatic N) is 3. The Balaban J connectivity index is 1.78. The first kappa shape index (κ1) is 19.0. The van der Waals surface area contributed by atoms with E-state index in [1.54, 1.807) is 25.1 Å². The molecule has 0 bridgehead atoms. The summed E-state index contributed by atoms with van der Waals surface area (Å²) < 4.78 is 45.6. The minimum atomic E-state index is -4.19. The molecule has 0 radical (unpaired) electrons. The van der Waals surface area contributed by atoms with Crippen molar-refractivity contribution in [1.29, 1.82) is 0 Å². The van der Waals surface area contributed by atoms with Crippen LogP contribution in [0.4, 0.5) is 13.2 Å². The third-order valence-corrected chi connectivity index (χ3v) is 5.78. The standard InChI is InChI=1S/C19H17ClF3N3O2/c1-10-16(20)18(27)26(13-6-7-15-14(8-13)24-9-28-15)17(25-10)11-2-4-12(5-3-11)19(21,22)23/h6-9,11-12H,2-5H2,1H3. The zero-order chi connectivity index (χ0) is 20.1. The first-order chi connectivity index (χ1) is 13.3. The minimum Gasteiger partial charge on any atom is -0.443 e. The average molecular weight is 412 g/mol. The van der Waals surface area contributed by atoms with Gasteiger partial charge in [0, 0.05) is 5.92 Å². The molecule has 2 heterocycles. The predicted octanol–water partition coefficient (Wildman–Crippen LogP) is 5.17. The topological polar surface area (TPSA) is 60.9 Å². The number of alkyl halides is 3. The summed E-state index contributed by atoms with van der Waals surface area (Å²) in [5.41, 5.74) is 1.57. The molecular formula is C19H17ClF3N3O2. The average Bonchev–Trinajstić information content (AvgIpc) is 3.13. The highest BCUT2D eigenvalue weighted by molar-refractivity contribution is 6.31. The molecule has 0 unspecified atom stereocenters.